The highest BCUT2D eigenvalue weighted by Gasteiger charge is 2.37. The number of hydrogen-bond acceptors (Lipinski definition) is 8. The Kier molecular flexibility index (Phi) is 5.95. The van der Waals surface area contributed by atoms with E-state index < -0.39 is 0 Å². The predicted molar refractivity (Wildman–Crippen MR) is 122 cm³/mol. The number of ether oxygens (including phenoxy) is 1. The van der Waals surface area contributed by atoms with Crippen molar-refractivity contribution in [3.63, 3.8) is 0 Å². The summed E-state index contributed by atoms with van der Waals surface area (Å²) in [7, 11) is 1.60. The third kappa shape index (κ3) is 3.45. The molecule has 0 spiro atoms. The lowest BCUT2D eigenvalue weighted by atomic mass is 9.84. The molecule has 1 fully saturated rings. The molecule has 10 heteroatoms. The Bertz CT molecular complexity index is 1210. The number of rotatable bonds is 6. The molecule has 3 N–H and O–H groups in total. The van der Waals surface area contributed by atoms with Crippen LogP contribution < -0.4 is 10.5 Å². The van der Waals surface area contributed by atoms with E-state index in [1.165, 1.54) is 6.33 Å². The van der Waals surface area contributed by atoms with E-state index >= 15 is 0 Å². The van der Waals surface area contributed by atoms with Gasteiger partial charge in [0.05, 0.1) is 41.4 Å². The van der Waals surface area contributed by atoms with E-state index in [2.05, 4.69) is 26.0 Å². The monoisotopic (exact) mass is 455 g/mol. The molecular formula is C22H26ClN7O2. The van der Waals surface area contributed by atoms with Crippen LogP contribution in [0.1, 0.15) is 48.2 Å². The molecule has 9 nitrogen and oxygen atoms in total. The zero-order valence-electron chi connectivity index (χ0n) is 18.5. The third-order valence-corrected chi connectivity index (χ3v) is 6.63. The molecular weight excluding hydrogens is 430 g/mol. The predicted octanol–water partition coefficient (Wildman–Crippen LogP) is 2.64. The van der Waals surface area contributed by atoms with Gasteiger partial charge in [0.2, 0.25) is 0 Å². The number of fused-ring (bicyclic) bond motifs is 1. The molecule has 3 aromatic rings. The number of aromatic nitrogens is 4. The van der Waals surface area contributed by atoms with Crippen molar-refractivity contribution in [2.75, 3.05) is 32.5 Å². The quantitative estimate of drug-likeness (QED) is 0.580. The molecule has 1 unspecified atom stereocenters. The highest BCUT2D eigenvalue weighted by Crippen LogP contribution is 2.44. The highest BCUT2D eigenvalue weighted by atomic mass is 35.5. The molecule has 4 rings (SSSR count). The summed E-state index contributed by atoms with van der Waals surface area (Å²) < 4.78 is 7.65. The Hall–Kier alpha value is -2.93. The van der Waals surface area contributed by atoms with Crippen molar-refractivity contribution in [2.24, 2.45) is 0 Å². The Balaban J connectivity index is 1.83. The molecule has 1 aliphatic rings. The summed E-state index contributed by atoms with van der Waals surface area (Å²) in [4.78, 5) is 10.6. The average Bonchev–Trinajstić information content (AvgIpc) is 3.09. The standard InChI is InChI=1S/C22H26ClN7O2/c1-11(9-31)29-7-14(8-29)19-16(6-24)17(23)5-15(20(19)32-4)13(3)30-22-18(12(2)28-30)21(25)26-10-27-22/h5,10-11,13-14,31H,7-9H2,1-4H3,(H2,25,26,27)/t11-,13?/m1/s1. The minimum Gasteiger partial charge on any atom is -0.496 e. The van der Waals surface area contributed by atoms with Crippen molar-refractivity contribution in [1.82, 2.24) is 24.6 Å². The lowest BCUT2D eigenvalue weighted by Gasteiger charge is -2.43. The van der Waals surface area contributed by atoms with Gasteiger partial charge in [-0.05, 0) is 26.8 Å². The fourth-order valence-electron chi connectivity index (χ4n) is 4.45. The van der Waals surface area contributed by atoms with Gasteiger partial charge in [0.25, 0.3) is 0 Å². The Morgan fingerprint density at radius 3 is 2.72 bits per heavy atom. The number of nitrogen functional groups attached to an aromatic ring is 1. The summed E-state index contributed by atoms with van der Waals surface area (Å²) in [5.41, 5.74) is 9.44. The fraction of sp³-hybridized carbons (Fsp3) is 0.455. The number of aliphatic hydroxyl groups is 1. The zero-order valence-corrected chi connectivity index (χ0v) is 19.3. The van der Waals surface area contributed by atoms with Crippen LogP contribution in [-0.4, -0.2) is 62.6 Å². The molecule has 2 aromatic heterocycles. The molecule has 168 valence electrons. The van der Waals surface area contributed by atoms with E-state index in [9.17, 15) is 10.4 Å². The molecule has 2 atom stereocenters. The topological polar surface area (TPSA) is 126 Å². The lowest BCUT2D eigenvalue weighted by molar-refractivity contribution is 0.0620. The summed E-state index contributed by atoms with van der Waals surface area (Å²) in [5.74, 6) is 1.08. The zero-order chi connectivity index (χ0) is 23.2. The van der Waals surface area contributed by atoms with Crippen molar-refractivity contribution in [3.8, 4) is 11.8 Å². The first-order valence-electron chi connectivity index (χ1n) is 10.4. The summed E-state index contributed by atoms with van der Waals surface area (Å²) in [6.45, 7) is 7.34. The van der Waals surface area contributed by atoms with Gasteiger partial charge in [0.15, 0.2) is 5.65 Å². The van der Waals surface area contributed by atoms with Gasteiger partial charge < -0.3 is 15.6 Å². The van der Waals surface area contributed by atoms with Crippen LogP contribution in [-0.2, 0) is 0 Å². The number of nitrogens with two attached hydrogens (primary N) is 1. The number of methoxy groups -OCH3 is 1. The Morgan fingerprint density at radius 1 is 1.38 bits per heavy atom. The van der Waals surface area contributed by atoms with Gasteiger partial charge in [-0.1, -0.05) is 11.6 Å². The number of benzene rings is 1. The van der Waals surface area contributed by atoms with Gasteiger partial charge in [-0.3, -0.25) is 4.90 Å². The maximum absolute atomic E-state index is 9.84. The number of likely N-dealkylation sites (tertiary alicyclic amines) is 1. The van der Waals surface area contributed by atoms with E-state index in [1.54, 1.807) is 17.9 Å². The van der Waals surface area contributed by atoms with Crippen LogP contribution in [0, 0.1) is 18.3 Å². The average molecular weight is 456 g/mol. The lowest BCUT2D eigenvalue weighted by Crippen LogP contribution is -2.51. The maximum Gasteiger partial charge on any atom is 0.164 e. The van der Waals surface area contributed by atoms with Gasteiger partial charge in [-0.25, -0.2) is 14.6 Å². The van der Waals surface area contributed by atoms with Crippen LogP contribution in [0.15, 0.2) is 12.4 Å². The number of anilines is 1. The second-order valence-electron chi connectivity index (χ2n) is 8.23. The van der Waals surface area contributed by atoms with Gasteiger partial charge >= 0.3 is 0 Å². The Morgan fingerprint density at radius 2 is 2.09 bits per heavy atom. The molecule has 1 aliphatic heterocycles. The largest absolute Gasteiger partial charge is 0.496 e. The minimum atomic E-state index is -0.285. The molecule has 0 aliphatic carbocycles. The van der Waals surface area contributed by atoms with E-state index in [4.69, 9.17) is 22.1 Å². The second kappa shape index (κ2) is 8.54. The van der Waals surface area contributed by atoms with Gasteiger partial charge in [-0.2, -0.15) is 10.4 Å². The molecule has 0 amide bonds. The van der Waals surface area contributed by atoms with Crippen molar-refractivity contribution in [1.29, 1.82) is 5.26 Å². The summed E-state index contributed by atoms with van der Waals surface area (Å²) in [5, 5.41) is 25.0. The van der Waals surface area contributed by atoms with Crippen molar-refractivity contribution < 1.29 is 9.84 Å². The molecule has 0 bridgehead atoms. The van der Waals surface area contributed by atoms with E-state index in [0.717, 1.165) is 16.8 Å². The first-order chi connectivity index (χ1) is 15.3. The van der Waals surface area contributed by atoms with Gasteiger partial charge in [0, 0.05) is 36.2 Å². The molecule has 3 heterocycles. The van der Waals surface area contributed by atoms with E-state index in [0.29, 0.717) is 46.3 Å². The normalized spacial score (nSPS) is 16.5. The number of halogens is 1. The summed E-state index contributed by atoms with van der Waals surface area (Å²) >= 11 is 6.59. The van der Waals surface area contributed by atoms with Crippen molar-refractivity contribution in [3.05, 3.63) is 39.8 Å². The van der Waals surface area contributed by atoms with Crippen LogP contribution in [0.3, 0.4) is 0 Å². The maximum atomic E-state index is 9.84. The van der Waals surface area contributed by atoms with E-state index in [-0.39, 0.29) is 24.6 Å². The van der Waals surface area contributed by atoms with Crippen LogP contribution in [0.4, 0.5) is 5.82 Å². The van der Waals surface area contributed by atoms with E-state index in [1.807, 2.05) is 20.8 Å². The van der Waals surface area contributed by atoms with Crippen LogP contribution in [0.25, 0.3) is 11.0 Å². The molecule has 1 saturated heterocycles. The molecule has 0 saturated carbocycles. The molecule has 1 aromatic carbocycles. The number of aryl methyl sites for hydroxylation is 1. The van der Waals surface area contributed by atoms with Crippen molar-refractivity contribution in [2.45, 2.75) is 38.8 Å². The second-order valence-corrected chi connectivity index (χ2v) is 8.63. The molecule has 32 heavy (non-hydrogen) atoms. The third-order valence-electron chi connectivity index (χ3n) is 6.33. The van der Waals surface area contributed by atoms with Crippen molar-refractivity contribution >= 4 is 28.5 Å². The fourth-order valence-corrected chi connectivity index (χ4v) is 4.72. The number of aliphatic hydroxyl groups excluding tert-OH is 1. The Labute approximate surface area is 191 Å². The SMILES string of the molecule is COc1c(C(C)n2nc(C)c3c(N)ncnc32)cc(Cl)c(C#N)c1C1CN([C@H](C)CO)C1. The highest BCUT2D eigenvalue weighted by molar-refractivity contribution is 6.32. The number of hydrogen-bond donors (Lipinski definition) is 2. The summed E-state index contributed by atoms with van der Waals surface area (Å²) in [6.07, 6.45) is 1.42. The van der Waals surface area contributed by atoms with Crippen LogP contribution >= 0.6 is 11.6 Å². The summed E-state index contributed by atoms with van der Waals surface area (Å²) in [6, 6.07) is 3.80. The first-order valence-corrected chi connectivity index (χ1v) is 10.8. The van der Waals surface area contributed by atoms with Crippen LogP contribution in [0.5, 0.6) is 5.75 Å². The number of nitriles is 1. The smallest absolute Gasteiger partial charge is 0.164 e. The van der Waals surface area contributed by atoms with Gasteiger partial charge in [0.1, 0.15) is 24.0 Å². The number of nitrogens with zero attached hydrogens (tertiary/aromatic N) is 6. The minimum absolute atomic E-state index is 0.0592. The van der Waals surface area contributed by atoms with Gasteiger partial charge in [-0.15, -0.1) is 0 Å². The van der Waals surface area contributed by atoms with Crippen LogP contribution in [0.2, 0.25) is 5.02 Å². The first kappa shape index (κ1) is 22.3. The molecule has 0 radical (unpaired) electrons.